The van der Waals surface area contributed by atoms with Gasteiger partial charge in [0.1, 0.15) is 0 Å². The van der Waals surface area contributed by atoms with Crippen molar-refractivity contribution < 1.29 is 0 Å². The maximum atomic E-state index is 6.53. The van der Waals surface area contributed by atoms with Gasteiger partial charge in [0.25, 0.3) is 0 Å². The summed E-state index contributed by atoms with van der Waals surface area (Å²) in [6.45, 7) is 10.6. The van der Waals surface area contributed by atoms with Crippen LogP contribution < -0.4 is 10.6 Å². The second-order valence-corrected chi connectivity index (χ2v) is 7.74. The van der Waals surface area contributed by atoms with Gasteiger partial charge >= 0.3 is 0 Å². The highest BCUT2D eigenvalue weighted by atomic mass is 35.5. The van der Waals surface area contributed by atoms with E-state index in [-0.39, 0.29) is 10.6 Å². The molecule has 0 saturated carbocycles. The average Bonchev–Trinajstić information content (AvgIpc) is 2.63. The molecule has 148 valence electrons. The van der Waals surface area contributed by atoms with Gasteiger partial charge in [0.15, 0.2) is 5.82 Å². The van der Waals surface area contributed by atoms with Crippen molar-refractivity contribution in [3.8, 4) is 0 Å². The molecule has 1 aromatic heterocycles. The van der Waals surface area contributed by atoms with E-state index in [4.69, 9.17) is 28.9 Å². The standard InChI is InChI=1S/C21H25Cl2N5/c1-5-28(6-2)16-11-13(3)17(14(4)12-16)15-7-9-21(24,10-8-15)18-25-19(22)27-20(23)26-18/h7-9,11-12H,5-6,10,24H2,1-4H3. The number of allylic oxidation sites excluding steroid dienone is 2. The van der Waals surface area contributed by atoms with E-state index in [0.717, 1.165) is 18.7 Å². The Morgan fingerprint density at radius 1 is 1.04 bits per heavy atom. The molecular weight excluding hydrogens is 393 g/mol. The van der Waals surface area contributed by atoms with Crippen molar-refractivity contribution in [2.45, 2.75) is 39.7 Å². The minimum Gasteiger partial charge on any atom is -0.372 e. The Bertz CT molecular complexity index is 907. The van der Waals surface area contributed by atoms with E-state index >= 15 is 0 Å². The number of aromatic nitrogens is 3. The summed E-state index contributed by atoms with van der Waals surface area (Å²) in [6.07, 6.45) is 6.62. The van der Waals surface area contributed by atoms with Gasteiger partial charge in [-0.05, 0) is 91.7 Å². The zero-order valence-electron chi connectivity index (χ0n) is 16.6. The molecule has 0 amide bonds. The molecule has 1 aromatic carbocycles. The van der Waals surface area contributed by atoms with E-state index in [1.54, 1.807) is 0 Å². The van der Waals surface area contributed by atoms with Gasteiger partial charge in [-0.1, -0.05) is 18.2 Å². The van der Waals surface area contributed by atoms with Crippen LogP contribution in [0.1, 0.15) is 42.8 Å². The van der Waals surface area contributed by atoms with Crippen molar-refractivity contribution in [1.82, 2.24) is 15.0 Å². The minimum absolute atomic E-state index is 0.0432. The SMILES string of the molecule is CCN(CC)c1cc(C)c(C2=CCC(N)(c3nc(Cl)nc(Cl)n3)C=C2)c(C)c1. The number of nitrogens with two attached hydrogens (primary N) is 1. The van der Waals surface area contributed by atoms with Crippen LogP contribution in [-0.2, 0) is 5.54 Å². The summed E-state index contributed by atoms with van der Waals surface area (Å²) < 4.78 is 0. The van der Waals surface area contributed by atoms with Crippen LogP contribution in [-0.4, -0.2) is 28.0 Å². The van der Waals surface area contributed by atoms with Gasteiger partial charge in [-0.3, -0.25) is 0 Å². The van der Waals surface area contributed by atoms with Crippen LogP contribution in [0.15, 0.2) is 30.4 Å². The lowest BCUT2D eigenvalue weighted by Gasteiger charge is -2.28. The molecule has 1 unspecified atom stereocenters. The van der Waals surface area contributed by atoms with E-state index in [2.05, 4.69) is 65.8 Å². The number of halogens is 2. The Morgan fingerprint density at radius 3 is 2.07 bits per heavy atom. The highest BCUT2D eigenvalue weighted by Gasteiger charge is 2.30. The maximum Gasteiger partial charge on any atom is 0.226 e. The van der Waals surface area contributed by atoms with Crippen LogP contribution in [0.25, 0.3) is 5.57 Å². The Balaban J connectivity index is 1.92. The van der Waals surface area contributed by atoms with Crippen LogP contribution in [0.2, 0.25) is 10.6 Å². The number of rotatable bonds is 5. The average molecular weight is 418 g/mol. The highest BCUT2D eigenvalue weighted by Crippen LogP contribution is 2.35. The molecule has 0 spiro atoms. The summed E-state index contributed by atoms with van der Waals surface area (Å²) in [4.78, 5) is 14.5. The monoisotopic (exact) mass is 417 g/mol. The summed E-state index contributed by atoms with van der Waals surface area (Å²) in [7, 11) is 0. The van der Waals surface area contributed by atoms with Crippen molar-refractivity contribution in [2.24, 2.45) is 5.73 Å². The molecule has 5 nitrogen and oxygen atoms in total. The van der Waals surface area contributed by atoms with Crippen LogP contribution in [0.4, 0.5) is 5.69 Å². The molecule has 0 saturated heterocycles. The topological polar surface area (TPSA) is 67.9 Å². The number of hydrogen-bond donors (Lipinski definition) is 1. The predicted octanol–water partition coefficient (Wildman–Crippen LogP) is 4.84. The van der Waals surface area contributed by atoms with Crippen molar-refractivity contribution in [2.75, 3.05) is 18.0 Å². The largest absolute Gasteiger partial charge is 0.372 e. The second-order valence-electron chi connectivity index (χ2n) is 7.06. The molecule has 0 aliphatic heterocycles. The zero-order chi connectivity index (χ0) is 20.5. The van der Waals surface area contributed by atoms with Gasteiger partial charge in [0.05, 0.1) is 5.54 Å². The quantitative estimate of drug-likeness (QED) is 0.753. The second kappa shape index (κ2) is 8.19. The van der Waals surface area contributed by atoms with Crippen LogP contribution in [0.5, 0.6) is 0 Å². The number of hydrogen-bond acceptors (Lipinski definition) is 5. The molecule has 0 bridgehead atoms. The molecule has 2 aromatic rings. The number of nitrogens with zero attached hydrogens (tertiary/aromatic N) is 4. The van der Waals surface area contributed by atoms with E-state index in [1.165, 1.54) is 22.4 Å². The molecule has 0 radical (unpaired) electrons. The summed E-state index contributed by atoms with van der Waals surface area (Å²) >= 11 is 11.8. The van der Waals surface area contributed by atoms with Crippen molar-refractivity contribution in [1.29, 1.82) is 0 Å². The first-order valence-corrected chi connectivity index (χ1v) is 10.2. The van der Waals surface area contributed by atoms with Gasteiger partial charge in [0, 0.05) is 18.8 Å². The lowest BCUT2D eigenvalue weighted by atomic mass is 9.84. The van der Waals surface area contributed by atoms with E-state index in [0.29, 0.717) is 12.2 Å². The smallest absolute Gasteiger partial charge is 0.226 e. The highest BCUT2D eigenvalue weighted by molar-refractivity contribution is 6.31. The first kappa shape index (κ1) is 20.8. The van der Waals surface area contributed by atoms with Crippen molar-refractivity contribution in [3.05, 3.63) is 63.4 Å². The molecule has 0 fully saturated rings. The fourth-order valence-electron chi connectivity index (χ4n) is 3.71. The zero-order valence-corrected chi connectivity index (χ0v) is 18.1. The molecule has 1 atom stereocenters. The molecule has 28 heavy (non-hydrogen) atoms. The number of anilines is 1. The molecule has 1 aliphatic carbocycles. The van der Waals surface area contributed by atoms with Crippen LogP contribution in [0, 0.1) is 13.8 Å². The lowest BCUT2D eigenvalue weighted by molar-refractivity contribution is 0.523. The third-order valence-electron chi connectivity index (χ3n) is 5.15. The predicted molar refractivity (Wildman–Crippen MR) is 117 cm³/mol. The Morgan fingerprint density at radius 2 is 1.61 bits per heavy atom. The van der Waals surface area contributed by atoms with Gasteiger partial charge in [-0.2, -0.15) is 4.98 Å². The van der Waals surface area contributed by atoms with E-state index in [9.17, 15) is 0 Å². The summed E-state index contributed by atoms with van der Waals surface area (Å²) in [5.74, 6) is 0.370. The maximum absolute atomic E-state index is 6.53. The molecule has 7 heteroatoms. The van der Waals surface area contributed by atoms with E-state index < -0.39 is 5.54 Å². The van der Waals surface area contributed by atoms with Crippen molar-refractivity contribution in [3.63, 3.8) is 0 Å². The number of benzene rings is 1. The molecule has 2 N–H and O–H groups in total. The third kappa shape index (κ3) is 4.07. The van der Waals surface area contributed by atoms with Gasteiger partial charge in [-0.15, -0.1) is 0 Å². The normalized spacial score (nSPS) is 18.9. The van der Waals surface area contributed by atoms with Crippen LogP contribution in [0.3, 0.4) is 0 Å². The Kier molecular flexibility index (Phi) is 6.08. The summed E-state index contributed by atoms with van der Waals surface area (Å²) in [6, 6.07) is 4.50. The Hall–Kier alpha value is -1.95. The molecule has 1 heterocycles. The molecule has 1 aliphatic rings. The van der Waals surface area contributed by atoms with Gasteiger partial charge in [-0.25, -0.2) is 9.97 Å². The molecular formula is C21H25Cl2N5. The van der Waals surface area contributed by atoms with E-state index in [1.807, 2.05) is 12.2 Å². The third-order valence-corrected chi connectivity index (χ3v) is 5.49. The fourth-order valence-corrected chi connectivity index (χ4v) is 4.07. The minimum atomic E-state index is -0.858. The summed E-state index contributed by atoms with van der Waals surface area (Å²) in [5, 5.41) is 0.0864. The van der Waals surface area contributed by atoms with Gasteiger partial charge < -0.3 is 10.6 Å². The lowest BCUT2D eigenvalue weighted by Crippen LogP contribution is -2.37. The molecule has 3 rings (SSSR count). The fraction of sp³-hybridized carbons (Fsp3) is 0.381. The van der Waals surface area contributed by atoms with Crippen LogP contribution >= 0.6 is 23.2 Å². The number of aryl methyl sites for hydroxylation is 2. The first-order valence-electron chi connectivity index (χ1n) is 9.39. The van der Waals surface area contributed by atoms with Gasteiger partial charge in [0.2, 0.25) is 10.6 Å². The first-order chi connectivity index (χ1) is 13.3. The van der Waals surface area contributed by atoms with Crippen molar-refractivity contribution >= 4 is 34.5 Å². The summed E-state index contributed by atoms with van der Waals surface area (Å²) in [5.41, 5.74) is 11.8. The Labute approximate surface area is 176 Å².